The zero-order valence-electron chi connectivity index (χ0n) is 10.5. The van der Waals surface area contributed by atoms with E-state index < -0.39 is 0 Å². The molecule has 2 aromatic heterocycles. The van der Waals surface area contributed by atoms with Gasteiger partial charge in [-0.2, -0.15) is 15.1 Å². The van der Waals surface area contributed by atoms with Crippen molar-refractivity contribution in [1.82, 2.24) is 20.2 Å². The predicted octanol–water partition coefficient (Wildman–Crippen LogP) is 1.83. The molecule has 4 N–H and O–H groups in total. The standard InChI is InChI=1S/C12H11FN6O/c1-20-9-4-6(13)2-3-8(9)16-10-7-5-15-19-11(7)18-12(14)17-10/h2-5H,1H3,(H4,14,15,16,17,18,19). The lowest BCUT2D eigenvalue weighted by Crippen LogP contribution is -2.02. The number of aromatic amines is 1. The molecule has 0 aliphatic rings. The number of nitrogens with two attached hydrogens (primary N) is 1. The highest BCUT2D eigenvalue weighted by atomic mass is 19.1. The van der Waals surface area contributed by atoms with Gasteiger partial charge in [0.2, 0.25) is 5.95 Å². The van der Waals surface area contributed by atoms with E-state index in [0.717, 1.165) is 0 Å². The molecule has 0 atom stereocenters. The first kappa shape index (κ1) is 12.2. The summed E-state index contributed by atoms with van der Waals surface area (Å²) in [5.41, 5.74) is 6.71. The fourth-order valence-electron chi connectivity index (χ4n) is 1.84. The highest BCUT2D eigenvalue weighted by Crippen LogP contribution is 2.30. The summed E-state index contributed by atoms with van der Waals surface area (Å²) < 4.78 is 18.3. The van der Waals surface area contributed by atoms with Gasteiger partial charge in [-0.3, -0.25) is 5.10 Å². The van der Waals surface area contributed by atoms with E-state index in [2.05, 4.69) is 25.5 Å². The second-order valence-corrected chi connectivity index (χ2v) is 4.03. The Kier molecular flexibility index (Phi) is 2.82. The molecule has 8 heteroatoms. The Morgan fingerprint density at radius 3 is 3.00 bits per heavy atom. The van der Waals surface area contributed by atoms with Gasteiger partial charge in [-0.15, -0.1) is 0 Å². The van der Waals surface area contributed by atoms with Crippen LogP contribution in [0.3, 0.4) is 0 Å². The Hall–Kier alpha value is -2.90. The molecule has 1 aromatic carbocycles. The summed E-state index contributed by atoms with van der Waals surface area (Å²) in [6.07, 6.45) is 1.58. The normalized spacial score (nSPS) is 10.7. The number of nitrogens with zero attached hydrogens (tertiary/aromatic N) is 3. The summed E-state index contributed by atoms with van der Waals surface area (Å²) >= 11 is 0. The SMILES string of the molecule is COc1cc(F)ccc1Nc1nc(N)nc2[nH]ncc12. The smallest absolute Gasteiger partial charge is 0.224 e. The van der Waals surface area contributed by atoms with E-state index in [9.17, 15) is 4.39 Å². The lowest BCUT2D eigenvalue weighted by atomic mass is 10.2. The Labute approximate surface area is 113 Å². The molecule has 0 amide bonds. The van der Waals surface area contributed by atoms with Crippen LogP contribution in [0.4, 0.5) is 21.8 Å². The molecule has 2 heterocycles. The van der Waals surface area contributed by atoms with Gasteiger partial charge in [-0.25, -0.2) is 4.39 Å². The van der Waals surface area contributed by atoms with Gasteiger partial charge in [-0.1, -0.05) is 0 Å². The number of fused-ring (bicyclic) bond motifs is 1. The van der Waals surface area contributed by atoms with Crippen molar-refractivity contribution in [1.29, 1.82) is 0 Å². The van der Waals surface area contributed by atoms with Gasteiger partial charge in [0.25, 0.3) is 0 Å². The molecule has 0 saturated carbocycles. The van der Waals surface area contributed by atoms with Gasteiger partial charge in [0.1, 0.15) is 17.4 Å². The number of halogens is 1. The lowest BCUT2D eigenvalue weighted by Gasteiger charge is -2.11. The maximum absolute atomic E-state index is 13.2. The number of rotatable bonds is 3. The van der Waals surface area contributed by atoms with E-state index in [1.807, 2.05) is 0 Å². The van der Waals surface area contributed by atoms with E-state index in [0.29, 0.717) is 28.3 Å². The van der Waals surface area contributed by atoms with Crippen molar-refractivity contribution < 1.29 is 9.13 Å². The summed E-state index contributed by atoms with van der Waals surface area (Å²) in [5.74, 6) is 0.540. The third-order valence-electron chi connectivity index (χ3n) is 2.74. The van der Waals surface area contributed by atoms with Gasteiger partial charge in [0.05, 0.1) is 24.4 Å². The first-order valence-corrected chi connectivity index (χ1v) is 5.74. The van der Waals surface area contributed by atoms with Crippen LogP contribution >= 0.6 is 0 Å². The van der Waals surface area contributed by atoms with Crippen molar-refractivity contribution in [2.24, 2.45) is 0 Å². The van der Waals surface area contributed by atoms with E-state index in [1.165, 1.54) is 19.2 Å². The first-order chi connectivity index (χ1) is 9.67. The first-order valence-electron chi connectivity index (χ1n) is 5.74. The number of methoxy groups -OCH3 is 1. The maximum atomic E-state index is 13.2. The minimum Gasteiger partial charge on any atom is -0.494 e. The van der Waals surface area contributed by atoms with Crippen LogP contribution < -0.4 is 15.8 Å². The number of nitrogens with one attached hydrogen (secondary N) is 2. The Balaban J connectivity index is 2.07. The summed E-state index contributed by atoms with van der Waals surface area (Å²) in [5, 5.41) is 10.3. The fraction of sp³-hybridized carbons (Fsp3) is 0.0833. The van der Waals surface area contributed by atoms with Crippen LogP contribution in [-0.4, -0.2) is 27.3 Å². The number of H-pyrrole nitrogens is 1. The molecule has 0 aliphatic carbocycles. The average Bonchev–Trinajstić information content (AvgIpc) is 2.88. The Morgan fingerprint density at radius 2 is 2.20 bits per heavy atom. The lowest BCUT2D eigenvalue weighted by molar-refractivity contribution is 0.413. The van der Waals surface area contributed by atoms with Crippen LogP contribution in [0.2, 0.25) is 0 Å². The Bertz CT molecular complexity index is 772. The summed E-state index contributed by atoms with van der Waals surface area (Å²) in [4.78, 5) is 8.12. The van der Waals surface area contributed by atoms with Gasteiger partial charge >= 0.3 is 0 Å². The van der Waals surface area contributed by atoms with E-state index >= 15 is 0 Å². The van der Waals surface area contributed by atoms with Crippen molar-refractivity contribution >= 4 is 28.5 Å². The number of anilines is 3. The number of hydrogen-bond donors (Lipinski definition) is 3. The second kappa shape index (κ2) is 4.65. The number of ether oxygens (including phenoxy) is 1. The molecule has 0 radical (unpaired) electrons. The molecule has 0 aliphatic heterocycles. The monoisotopic (exact) mass is 274 g/mol. The third-order valence-corrected chi connectivity index (χ3v) is 2.74. The van der Waals surface area contributed by atoms with Crippen LogP contribution in [0, 0.1) is 5.82 Å². The van der Waals surface area contributed by atoms with Gasteiger partial charge in [-0.05, 0) is 12.1 Å². The van der Waals surface area contributed by atoms with E-state index in [1.54, 1.807) is 12.3 Å². The minimum atomic E-state index is -0.386. The van der Waals surface area contributed by atoms with Crippen LogP contribution in [0.15, 0.2) is 24.4 Å². The molecule has 0 unspecified atom stereocenters. The molecule has 102 valence electrons. The molecule has 0 saturated heterocycles. The number of nitrogen functional groups attached to an aromatic ring is 1. The molecule has 0 spiro atoms. The van der Waals surface area contributed by atoms with Crippen LogP contribution in [-0.2, 0) is 0 Å². The zero-order chi connectivity index (χ0) is 14.1. The molecular weight excluding hydrogens is 263 g/mol. The van der Waals surface area contributed by atoms with Crippen molar-refractivity contribution in [3.8, 4) is 5.75 Å². The fourth-order valence-corrected chi connectivity index (χ4v) is 1.84. The van der Waals surface area contributed by atoms with Crippen molar-refractivity contribution in [2.45, 2.75) is 0 Å². The molecule has 3 rings (SSSR count). The zero-order valence-corrected chi connectivity index (χ0v) is 10.5. The van der Waals surface area contributed by atoms with Crippen LogP contribution in [0.1, 0.15) is 0 Å². The average molecular weight is 274 g/mol. The van der Waals surface area contributed by atoms with E-state index in [4.69, 9.17) is 10.5 Å². The number of benzene rings is 1. The van der Waals surface area contributed by atoms with Gasteiger partial charge < -0.3 is 15.8 Å². The molecule has 7 nitrogen and oxygen atoms in total. The van der Waals surface area contributed by atoms with E-state index in [-0.39, 0.29) is 11.8 Å². The quantitative estimate of drug-likeness (QED) is 0.673. The minimum absolute atomic E-state index is 0.102. The molecule has 0 fully saturated rings. The summed E-state index contributed by atoms with van der Waals surface area (Å²) in [6, 6.07) is 4.15. The largest absolute Gasteiger partial charge is 0.494 e. The van der Waals surface area contributed by atoms with Crippen LogP contribution in [0.5, 0.6) is 5.75 Å². The summed E-state index contributed by atoms with van der Waals surface area (Å²) in [7, 11) is 1.46. The second-order valence-electron chi connectivity index (χ2n) is 4.03. The van der Waals surface area contributed by atoms with Crippen LogP contribution in [0.25, 0.3) is 11.0 Å². The van der Waals surface area contributed by atoms with Crippen molar-refractivity contribution in [2.75, 3.05) is 18.2 Å². The Morgan fingerprint density at radius 1 is 1.35 bits per heavy atom. The molecule has 0 bridgehead atoms. The molecule has 3 aromatic rings. The van der Waals surface area contributed by atoms with Crippen molar-refractivity contribution in [3.05, 3.63) is 30.2 Å². The van der Waals surface area contributed by atoms with Gasteiger partial charge in [0, 0.05) is 6.07 Å². The molecule has 20 heavy (non-hydrogen) atoms. The molecular formula is C12H11FN6O. The maximum Gasteiger partial charge on any atom is 0.224 e. The number of hydrogen-bond acceptors (Lipinski definition) is 6. The predicted molar refractivity (Wildman–Crippen MR) is 72.3 cm³/mol. The number of aromatic nitrogens is 4. The highest BCUT2D eigenvalue weighted by molar-refractivity contribution is 5.89. The topological polar surface area (TPSA) is 102 Å². The highest BCUT2D eigenvalue weighted by Gasteiger charge is 2.11. The van der Waals surface area contributed by atoms with Crippen molar-refractivity contribution in [3.63, 3.8) is 0 Å². The third kappa shape index (κ3) is 2.07. The van der Waals surface area contributed by atoms with Gasteiger partial charge in [0.15, 0.2) is 5.65 Å². The summed E-state index contributed by atoms with van der Waals surface area (Å²) in [6.45, 7) is 0.